The number of amides is 1. The number of ether oxygens (including phenoxy) is 2. The van der Waals surface area contributed by atoms with Crippen LogP contribution in [0.2, 0.25) is 0 Å². The van der Waals surface area contributed by atoms with Gasteiger partial charge in [0, 0.05) is 21.8 Å². The van der Waals surface area contributed by atoms with Crippen LogP contribution in [-0.2, 0) is 16.1 Å². The highest BCUT2D eigenvalue weighted by atomic mass is 32.2. The van der Waals surface area contributed by atoms with Crippen molar-refractivity contribution in [1.82, 2.24) is 0 Å². The van der Waals surface area contributed by atoms with Gasteiger partial charge in [-0.15, -0.1) is 11.8 Å². The number of hydrogen-bond donors (Lipinski definition) is 0. The number of hydrogen-bond acceptors (Lipinski definition) is 4. The van der Waals surface area contributed by atoms with Crippen molar-refractivity contribution in [3.8, 4) is 5.75 Å². The lowest BCUT2D eigenvalue weighted by Crippen LogP contribution is -2.68. The second-order valence-corrected chi connectivity index (χ2v) is 9.44. The molecule has 4 nitrogen and oxygen atoms in total. The van der Waals surface area contributed by atoms with Crippen LogP contribution in [-0.4, -0.2) is 25.2 Å². The second-order valence-electron chi connectivity index (χ2n) is 8.33. The molecule has 5 heteroatoms. The lowest BCUT2D eigenvalue weighted by Gasteiger charge is -2.50. The monoisotopic (exact) mass is 468 g/mol. The van der Waals surface area contributed by atoms with Gasteiger partial charge in [0.15, 0.2) is 6.10 Å². The van der Waals surface area contributed by atoms with Crippen LogP contribution < -0.4 is 9.64 Å². The van der Waals surface area contributed by atoms with Crippen LogP contribution in [0.5, 0.6) is 5.75 Å². The number of aryl methyl sites for hydroxylation is 1. The van der Waals surface area contributed by atoms with Crippen molar-refractivity contribution in [1.29, 1.82) is 0 Å². The smallest absolute Gasteiger partial charge is 0.258 e. The van der Waals surface area contributed by atoms with Crippen LogP contribution in [0.25, 0.3) is 0 Å². The van der Waals surface area contributed by atoms with Gasteiger partial charge in [0.2, 0.25) is 0 Å². The molecule has 1 aliphatic heterocycles. The summed E-state index contributed by atoms with van der Waals surface area (Å²) in [5.74, 6) is 1.83. The Hall–Kier alpha value is -2.76. The molecule has 34 heavy (non-hydrogen) atoms. The zero-order valence-electron chi connectivity index (χ0n) is 19.2. The molecule has 1 amide bonds. The van der Waals surface area contributed by atoms with Gasteiger partial charge in [-0.25, -0.2) is 0 Å². The van der Waals surface area contributed by atoms with E-state index in [1.807, 2.05) is 59.5 Å². The van der Waals surface area contributed by atoms with E-state index >= 15 is 0 Å². The van der Waals surface area contributed by atoms with Crippen LogP contribution in [0.3, 0.4) is 0 Å². The predicted octanol–water partition coefficient (Wildman–Crippen LogP) is 5.83. The predicted molar refractivity (Wildman–Crippen MR) is 136 cm³/mol. The minimum absolute atomic E-state index is 0.0291. The fourth-order valence-electron chi connectivity index (χ4n) is 4.21. The fraction of sp³-hybridized carbons (Fsp3) is 0.172. The summed E-state index contributed by atoms with van der Waals surface area (Å²) in [6, 6.07) is 25.9. The van der Waals surface area contributed by atoms with Crippen LogP contribution in [0, 0.1) is 37.4 Å². The summed E-state index contributed by atoms with van der Waals surface area (Å²) in [5.41, 5.74) is 3.12. The van der Waals surface area contributed by atoms with Gasteiger partial charge < -0.3 is 14.4 Å². The standard InChI is InChI=1S/C29H26NO3S/c1-20-11-17-24(18-12-20)34-26-10-6-9-25(26)27-28(33-19-21-7-4-3-5-8-21)29(31)30(27)22-13-15-23(32-2)16-14-22/h3-18,27-28H,19H2,1-2H3/t27-,28+/m1/s1. The first-order valence-electron chi connectivity index (χ1n) is 11.3. The molecule has 0 bridgehead atoms. The first-order valence-corrected chi connectivity index (χ1v) is 12.1. The average Bonchev–Trinajstić information content (AvgIpc) is 3.32. The van der Waals surface area contributed by atoms with E-state index < -0.39 is 6.10 Å². The summed E-state index contributed by atoms with van der Waals surface area (Å²) in [5, 5.41) is 1.13. The van der Waals surface area contributed by atoms with Crippen molar-refractivity contribution < 1.29 is 14.3 Å². The van der Waals surface area contributed by atoms with E-state index in [0.717, 1.165) is 28.2 Å². The number of anilines is 1. The Morgan fingerprint density at radius 2 is 1.65 bits per heavy atom. The summed E-state index contributed by atoms with van der Waals surface area (Å²) in [4.78, 5) is 16.3. The number of β-lactam (4-membered cyclic amide) rings is 1. The molecule has 1 saturated heterocycles. The van der Waals surface area contributed by atoms with Crippen LogP contribution >= 0.6 is 11.8 Å². The first kappa shape index (κ1) is 23.0. The van der Waals surface area contributed by atoms with Gasteiger partial charge in [-0.1, -0.05) is 48.0 Å². The van der Waals surface area contributed by atoms with Crippen molar-refractivity contribution in [2.24, 2.45) is 0 Å². The largest absolute Gasteiger partial charge is 0.497 e. The summed E-state index contributed by atoms with van der Waals surface area (Å²) in [7, 11) is 1.64. The minimum atomic E-state index is -0.540. The Morgan fingerprint density at radius 3 is 2.35 bits per heavy atom. The molecule has 171 valence electrons. The topological polar surface area (TPSA) is 38.8 Å². The highest BCUT2D eigenvalue weighted by Crippen LogP contribution is 2.51. The maximum Gasteiger partial charge on any atom is 0.258 e. The van der Waals surface area contributed by atoms with Crippen molar-refractivity contribution in [2.75, 3.05) is 12.0 Å². The molecule has 1 heterocycles. The van der Waals surface area contributed by atoms with Crippen LogP contribution in [0.1, 0.15) is 11.1 Å². The third kappa shape index (κ3) is 4.73. The molecule has 5 radical (unpaired) electrons. The third-order valence-electron chi connectivity index (χ3n) is 6.04. The van der Waals surface area contributed by atoms with Gasteiger partial charge in [-0.3, -0.25) is 4.79 Å². The van der Waals surface area contributed by atoms with E-state index in [2.05, 4.69) is 50.5 Å². The van der Waals surface area contributed by atoms with E-state index in [1.165, 1.54) is 10.5 Å². The molecule has 1 aliphatic carbocycles. The Labute approximate surface area is 206 Å². The number of carbonyl (C=O) groups excluding carboxylic acids is 1. The summed E-state index contributed by atoms with van der Waals surface area (Å²) >= 11 is 1.71. The molecular formula is C29H26NO3S. The molecule has 2 fully saturated rings. The third-order valence-corrected chi connectivity index (χ3v) is 7.14. The maximum atomic E-state index is 13.3. The molecule has 0 aromatic heterocycles. The Morgan fingerprint density at radius 1 is 0.912 bits per heavy atom. The Kier molecular flexibility index (Phi) is 6.93. The molecule has 0 spiro atoms. The summed E-state index contributed by atoms with van der Waals surface area (Å²) in [6.07, 6.45) is 5.73. The molecule has 2 atom stereocenters. The van der Waals surface area contributed by atoms with Crippen LogP contribution in [0.4, 0.5) is 5.69 Å². The number of benzene rings is 3. The van der Waals surface area contributed by atoms with E-state index in [9.17, 15) is 4.79 Å². The number of carbonyl (C=O) groups is 1. The lowest BCUT2D eigenvalue weighted by atomic mass is 9.83. The fourth-order valence-corrected chi connectivity index (χ4v) is 5.19. The van der Waals surface area contributed by atoms with Crippen molar-refractivity contribution in [2.45, 2.75) is 30.6 Å². The Bertz CT molecular complexity index is 1100. The van der Waals surface area contributed by atoms with Gasteiger partial charge >= 0.3 is 0 Å². The molecule has 3 aromatic carbocycles. The number of nitrogens with zero attached hydrogens (tertiary/aromatic N) is 1. The number of rotatable bonds is 8. The molecule has 1 saturated carbocycles. The van der Waals surface area contributed by atoms with Crippen LogP contribution in [0.15, 0.2) is 83.8 Å². The second kappa shape index (κ2) is 10.2. The number of thioether (sulfide) groups is 1. The van der Waals surface area contributed by atoms with Gasteiger partial charge in [0.25, 0.3) is 5.91 Å². The van der Waals surface area contributed by atoms with Gasteiger partial charge in [0.05, 0.1) is 19.8 Å². The lowest BCUT2D eigenvalue weighted by molar-refractivity contribution is -0.142. The molecule has 2 aliphatic rings. The maximum absolute atomic E-state index is 13.3. The van der Waals surface area contributed by atoms with E-state index in [4.69, 9.17) is 9.47 Å². The van der Waals surface area contributed by atoms with Gasteiger partial charge in [0.1, 0.15) is 5.75 Å². The average molecular weight is 469 g/mol. The zero-order chi connectivity index (χ0) is 23.5. The summed E-state index contributed by atoms with van der Waals surface area (Å²) in [6.45, 7) is 2.48. The number of methoxy groups -OCH3 is 1. The van der Waals surface area contributed by atoms with Crippen molar-refractivity contribution in [3.05, 3.63) is 120 Å². The highest BCUT2D eigenvalue weighted by molar-refractivity contribution is 8.02. The summed E-state index contributed by atoms with van der Waals surface area (Å²) < 4.78 is 11.5. The quantitative estimate of drug-likeness (QED) is 0.390. The Balaban J connectivity index is 1.39. The molecule has 5 rings (SSSR count). The van der Waals surface area contributed by atoms with Crippen molar-refractivity contribution >= 4 is 23.4 Å². The zero-order valence-corrected chi connectivity index (χ0v) is 20.0. The van der Waals surface area contributed by atoms with Gasteiger partial charge in [-0.05, 0) is 68.1 Å². The minimum Gasteiger partial charge on any atom is -0.497 e. The molecule has 0 N–H and O–H groups in total. The van der Waals surface area contributed by atoms with E-state index in [0.29, 0.717) is 6.61 Å². The molecular weight excluding hydrogens is 442 g/mol. The van der Waals surface area contributed by atoms with Crippen molar-refractivity contribution in [3.63, 3.8) is 0 Å². The SMILES string of the molecule is COc1ccc(N2C(=O)[C@@H](OCc3ccccc3)[C@H]2[C]2[CH][CH][CH][C]2Sc2ccc(C)cc2)cc1. The molecule has 0 unspecified atom stereocenters. The highest BCUT2D eigenvalue weighted by Gasteiger charge is 2.56. The molecule has 3 aromatic rings. The van der Waals surface area contributed by atoms with Gasteiger partial charge in [-0.2, -0.15) is 0 Å². The first-order chi connectivity index (χ1) is 16.6. The van der Waals surface area contributed by atoms with E-state index in [-0.39, 0.29) is 11.9 Å². The van der Waals surface area contributed by atoms with E-state index in [1.54, 1.807) is 18.9 Å². The normalized spacial score (nSPS) is 21.0.